The van der Waals surface area contributed by atoms with Crippen molar-refractivity contribution in [2.24, 2.45) is 0 Å². The summed E-state index contributed by atoms with van der Waals surface area (Å²) in [6.07, 6.45) is 2.38. The Hall–Kier alpha value is -1.70. The molecular formula is C14H20N2O5. The Balaban J connectivity index is 1.80. The van der Waals surface area contributed by atoms with E-state index in [1.807, 2.05) is 0 Å². The molecule has 0 bridgehead atoms. The maximum absolute atomic E-state index is 11.9. The van der Waals surface area contributed by atoms with Crippen molar-refractivity contribution >= 4 is 5.91 Å². The maximum Gasteiger partial charge on any atom is 0.251 e. The van der Waals surface area contributed by atoms with Gasteiger partial charge in [0, 0.05) is 30.8 Å². The maximum atomic E-state index is 11.9. The second-order valence-corrected chi connectivity index (χ2v) is 4.58. The Morgan fingerprint density at radius 1 is 1.52 bits per heavy atom. The molecule has 0 aromatic carbocycles. The molecule has 1 aliphatic heterocycles. The lowest BCUT2D eigenvalue weighted by Crippen LogP contribution is -2.27. The number of carbonyl (C=O) groups excluding carboxylic acids is 1. The van der Waals surface area contributed by atoms with E-state index >= 15 is 0 Å². The summed E-state index contributed by atoms with van der Waals surface area (Å²) < 4.78 is 15.9. The molecule has 2 heterocycles. The summed E-state index contributed by atoms with van der Waals surface area (Å²) in [7, 11) is 0. The number of nitrogens with one attached hydrogen (secondary N) is 1. The second kappa shape index (κ2) is 8.56. The summed E-state index contributed by atoms with van der Waals surface area (Å²) in [4.78, 5) is 16.0. The van der Waals surface area contributed by atoms with Gasteiger partial charge in [0.15, 0.2) is 0 Å². The molecule has 0 radical (unpaired) electrons. The van der Waals surface area contributed by atoms with Crippen LogP contribution in [0.1, 0.15) is 16.8 Å². The quantitative estimate of drug-likeness (QED) is 0.656. The van der Waals surface area contributed by atoms with Crippen LogP contribution in [0.2, 0.25) is 0 Å². The average molecular weight is 296 g/mol. The van der Waals surface area contributed by atoms with Gasteiger partial charge in [-0.15, -0.1) is 0 Å². The molecule has 21 heavy (non-hydrogen) atoms. The highest BCUT2D eigenvalue weighted by molar-refractivity contribution is 5.94. The number of aliphatic hydroxyl groups is 1. The zero-order valence-corrected chi connectivity index (χ0v) is 11.8. The Bertz CT molecular complexity index is 449. The third kappa shape index (κ3) is 5.30. The fourth-order valence-corrected chi connectivity index (χ4v) is 1.90. The predicted molar refractivity (Wildman–Crippen MR) is 74.3 cm³/mol. The van der Waals surface area contributed by atoms with Crippen molar-refractivity contribution < 1.29 is 24.1 Å². The zero-order valence-electron chi connectivity index (χ0n) is 11.8. The molecular weight excluding hydrogens is 276 g/mol. The van der Waals surface area contributed by atoms with Crippen LogP contribution in [0.15, 0.2) is 18.3 Å². The van der Waals surface area contributed by atoms with Crippen molar-refractivity contribution in [2.75, 3.05) is 39.6 Å². The summed E-state index contributed by atoms with van der Waals surface area (Å²) in [6.45, 7) is 2.24. The molecule has 2 N–H and O–H groups in total. The molecule has 1 aliphatic rings. The smallest absolute Gasteiger partial charge is 0.251 e. The van der Waals surface area contributed by atoms with Gasteiger partial charge in [-0.1, -0.05) is 0 Å². The van der Waals surface area contributed by atoms with E-state index in [4.69, 9.17) is 19.3 Å². The summed E-state index contributed by atoms with van der Waals surface area (Å²) in [6, 6.07) is 3.24. The molecule has 1 amide bonds. The van der Waals surface area contributed by atoms with Gasteiger partial charge >= 0.3 is 0 Å². The molecule has 1 aromatic rings. The van der Waals surface area contributed by atoms with Gasteiger partial charge < -0.3 is 24.6 Å². The van der Waals surface area contributed by atoms with Gasteiger partial charge in [0.25, 0.3) is 5.91 Å². The number of aromatic nitrogens is 1. The van der Waals surface area contributed by atoms with E-state index in [9.17, 15) is 4.79 Å². The highest BCUT2D eigenvalue weighted by atomic mass is 16.5. The molecule has 116 valence electrons. The van der Waals surface area contributed by atoms with Crippen LogP contribution >= 0.6 is 0 Å². The van der Waals surface area contributed by atoms with Gasteiger partial charge in [-0.25, -0.2) is 4.98 Å². The molecule has 7 nitrogen and oxygen atoms in total. The topological polar surface area (TPSA) is 89.9 Å². The Morgan fingerprint density at radius 3 is 3.19 bits per heavy atom. The predicted octanol–water partition coefficient (Wildman–Crippen LogP) is -0.0120. The zero-order chi connectivity index (χ0) is 14.9. The van der Waals surface area contributed by atoms with Crippen molar-refractivity contribution in [1.82, 2.24) is 10.3 Å². The van der Waals surface area contributed by atoms with Crippen LogP contribution in [0.5, 0.6) is 5.88 Å². The van der Waals surface area contributed by atoms with Crippen LogP contribution in [0.25, 0.3) is 0 Å². The molecule has 0 aliphatic carbocycles. The van der Waals surface area contributed by atoms with Crippen LogP contribution in [-0.4, -0.2) is 61.7 Å². The van der Waals surface area contributed by atoms with Gasteiger partial charge in [-0.3, -0.25) is 4.79 Å². The summed E-state index contributed by atoms with van der Waals surface area (Å²) >= 11 is 0. The van der Waals surface area contributed by atoms with E-state index in [1.54, 1.807) is 18.3 Å². The van der Waals surface area contributed by atoms with Crippen LogP contribution < -0.4 is 10.1 Å². The summed E-state index contributed by atoms with van der Waals surface area (Å²) in [5, 5.41) is 11.3. The van der Waals surface area contributed by atoms with E-state index in [0.717, 1.165) is 6.42 Å². The first-order chi connectivity index (χ1) is 10.3. The Kier molecular flexibility index (Phi) is 6.39. The Morgan fingerprint density at radius 2 is 2.43 bits per heavy atom. The minimum Gasteiger partial charge on any atom is -0.472 e. The molecule has 1 unspecified atom stereocenters. The van der Waals surface area contributed by atoms with Crippen LogP contribution in [-0.2, 0) is 9.47 Å². The van der Waals surface area contributed by atoms with Gasteiger partial charge in [0.2, 0.25) is 5.88 Å². The van der Waals surface area contributed by atoms with Crippen molar-refractivity contribution in [1.29, 1.82) is 0 Å². The summed E-state index contributed by atoms with van der Waals surface area (Å²) in [5.41, 5.74) is 0.487. The largest absolute Gasteiger partial charge is 0.472 e. The van der Waals surface area contributed by atoms with E-state index in [1.165, 1.54) is 0 Å². The van der Waals surface area contributed by atoms with E-state index in [2.05, 4.69) is 10.3 Å². The van der Waals surface area contributed by atoms with E-state index < -0.39 is 0 Å². The van der Waals surface area contributed by atoms with Crippen molar-refractivity contribution in [3.05, 3.63) is 23.9 Å². The first-order valence-electron chi connectivity index (χ1n) is 6.97. The number of rotatable bonds is 8. The molecule has 1 aromatic heterocycles. The molecule has 1 saturated heterocycles. The molecule has 1 fully saturated rings. The lowest BCUT2D eigenvalue weighted by atomic mass is 10.2. The highest BCUT2D eigenvalue weighted by Crippen LogP contribution is 2.15. The number of ether oxygens (including phenoxy) is 3. The van der Waals surface area contributed by atoms with Gasteiger partial charge in [0.05, 0.1) is 33.0 Å². The fraction of sp³-hybridized carbons (Fsp3) is 0.571. The monoisotopic (exact) mass is 296 g/mol. The lowest BCUT2D eigenvalue weighted by molar-refractivity contribution is 0.0837. The van der Waals surface area contributed by atoms with Crippen molar-refractivity contribution in [2.45, 2.75) is 12.5 Å². The standard InChI is InChI=1S/C14H20N2O5/c17-5-8-19-7-4-16-14(18)11-1-3-15-13(9-11)21-12-2-6-20-10-12/h1,3,9,12,17H,2,4-8,10H2,(H,16,18). The van der Waals surface area contributed by atoms with E-state index in [-0.39, 0.29) is 25.2 Å². The normalized spacial score (nSPS) is 17.7. The first-order valence-corrected chi connectivity index (χ1v) is 6.97. The van der Waals surface area contributed by atoms with Crippen LogP contribution in [0.3, 0.4) is 0 Å². The Labute approximate surface area is 123 Å². The number of pyridine rings is 1. The fourth-order valence-electron chi connectivity index (χ4n) is 1.90. The van der Waals surface area contributed by atoms with E-state index in [0.29, 0.717) is 37.8 Å². The lowest BCUT2D eigenvalue weighted by Gasteiger charge is -2.11. The van der Waals surface area contributed by atoms with Crippen LogP contribution in [0, 0.1) is 0 Å². The highest BCUT2D eigenvalue weighted by Gasteiger charge is 2.18. The first kappa shape index (κ1) is 15.7. The number of hydrogen-bond acceptors (Lipinski definition) is 6. The average Bonchev–Trinajstić information content (AvgIpc) is 3.00. The van der Waals surface area contributed by atoms with Gasteiger partial charge in [-0.05, 0) is 6.07 Å². The van der Waals surface area contributed by atoms with Gasteiger partial charge in [-0.2, -0.15) is 0 Å². The van der Waals surface area contributed by atoms with Gasteiger partial charge in [0.1, 0.15) is 6.10 Å². The molecule has 7 heteroatoms. The van der Waals surface area contributed by atoms with Crippen molar-refractivity contribution in [3.63, 3.8) is 0 Å². The number of carbonyl (C=O) groups is 1. The number of amides is 1. The van der Waals surface area contributed by atoms with Crippen LogP contribution in [0.4, 0.5) is 0 Å². The number of aliphatic hydroxyl groups excluding tert-OH is 1. The SMILES string of the molecule is O=C(NCCOCCO)c1ccnc(OC2CCOC2)c1. The number of nitrogens with zero attached hydrogens (tertiary/aromatic N) is 1. The molecule has 2 rings (SSSR count). The summed E-state index contributed by atoms with van der Waals surface area (Å²) in [5.74, 6) is 0.215. The molecule has 0 spiro atoms. The third-order valence-corrected chi connectivity index (χ3v) is 2.94. The third-order valence-electron chi connectivity index (χ3n) is 2.94. The number of hydrogen-bond donors (Lipinski definition) is 2. The minimum absolute atomic E-state index is 0.00249. The molecule has 0 saturated carbocycles. The molecule has 1 atom stereocenters. The second-order valence-electron chi connectivity index (χ2n) is 4.58. The minimum atomic E-state index is -0.211. The van der Waals surface area contributed by atoms with Crippen molar-refractivity contribution in [3.8, 4) is 5.88 Å².